The van der Waals surface area contributed by atoms with Crippen molar-refractivity contribution >= 4 is 23.3 Å². The molecule has 1 aromatic carbocycles. The second kappa shape index (κ2) is 9.01. The Hall–Kier alpha value is -3.06. The van der Waals surface area contributed by atoms with E-state index < -0.39 is 53.0 Å². The molecule has 1 amide bonds. The van der Waals surface area contributed by atoms with Gasteiger partial charge in [-0.1, -0.05) is 0 Å². The van der Waals surface area contributed by atoms with E-state index in [4.69, 9.17) is 4.42 Å². The van der Waals surface area contributed by atoms with Crippen molar-refractivity contribution in [2.75, 3.05) is 41.3 Å². The number of aromatic nitrogens is 1. The summed E-state index contributed by atoms with van der Waals surface area (Å²) in [6, 6.07) is 2.88. The number of nitrogens with zero attached hydrogens (tertiary/aromatic N) is 3. The molecular formula is C24H24F8N4O2. The Kier molecular flexibility index (Phi) is 6.29. The van der Waals surface area contributed by atoms with Crippen LogP contribution in [0.4, 0.5) is 52.5 Å². The van der Waals surface area contributed by atoms with Gasteiger partial charge in [-0.15, -0.1) is 0 Å². The van der Waals surface area contributed by atoms with Gasteiger partial charge in [0.15, 0.2) is 5.69 Å². The van der Waals surface area contributed by atoms with E-state index >= 15 is 0 Å². The van der Waals surface area contributed by atoms with Crippen LogP contribution >= 0.6 is 0 Å². The maximum atomic E-state index is 13.8. The van der Waals surface area contributed by atoms with Gasteiger partial charge in [-0.25, -0.2) is 8.78 Å². The molecule has 2 aliphatic heterocycles. The van der Waals surface area contributed by atoms with Gasteiger partial charge in [0.25, 0.3) is 11.9 Å². The Labute approximate surface area is 212 Å². The number of hydrogen-bond acceptors (Lipinski definition) is 5. The number of rotatable bonds is 5. The molecule has 38 heavy (non-hydrogen) atoms. The molecule has 14 heteroatoms. The molecule has 1 aliphatic carbocycles. The molecule has 3 fully saturated rings. The maximum Gasteiger partial charge on any atom is 0.418 e. The van der Waals surface area contributed by atoms with Gasteiger partial charge >= 0.3 is 12.4 Å². The van der Waals surface area contributed by atoms with E-state index in [0.717, 1.165) is 25.3 Å². The zero-order valence-electron chi connectivity index (χ0n) is 20.0. The molecular weight excluding hydrogens is 528 g/mol. The minimum Gasteiger partial charge on any atom is -0.427 e. The summed E-state index contributed by atoms with van der Waals surface area (Å²) in [5.74, 6) is -4.78. The van der Waals surface area contributed by atoms with Gasteiger partial charge in [-0.05, 0) is 37.5 Å². The van der Waals surface area contributed by atoms with E-state index in [1.165, 1.54) is 17.0 Å². The molecule has 0 bridgehead atoms. The van der Waals surface area contributed by atoms with Gasteiger partial charge in [0.05, 0.1) is 5.56 Å². The van der Waals surface area contributed by atoms with E-state index in [9.17, 15) is 39.9 Å². The van der Waals surface area contributed by atoms with Crippen LogP contribution in [0.2, 0.25) is 0 Å². The number of nitrogens with one attached hydrogen (secondary N) is 1. The number of alkyl halides is 8. The fourth-order valence-electron chi connectivity index (χ4n) is 5.56. The molecule has 0 radical (unpaired) electrons. The molecule has 2 aromatic rings. The summed E-state index contributed by atoms with van der Waals surface area (Å²) < 4.78 is 113. The predicted octanol–water partition coefficient (Wildman–Crippen LogP) is 6.28. The molecule has 1 spiro atoms. The lowest BCUT2D eigenvalue weighted by molar-refractivity contribution is -0.171. The van der Waals surface area contributed by atoms with Crippen molar-refractivity contribution in [2.24, 2.45) is 5.41 Å². The van der Waals surface area contributed by atoms with Gasteiger partial charge in [0, 0.05) is 55.8 Å². The fraction of sp³-hybridized carbons (Fsp3) is 0.583. The molecule has 6 nitrogen and oxygen atoms in total. The van der Waals surface area contributed by atoms with Crippen LogP contribution in [0.5, 0.6) is 0 Å². The van der Waals surface area contributed by atoms with E-state index in [-0.39, 0.29) is 43.3 Å². The van der Waals surface area contributed by atoms with Crippen molar-refractivity contribution in [2.45, 2.75) is 56.8 Å². The first-order valence-electron chi connectivity index (χ1n) is 12.1. The first kappa shape index (κ1) is 26.5. The first-order valence-corrected chi connectivity index (χ1v) is 12.1. The van der Waals surface area contributed by atoms with Gasteiger partial charge in [0.1, 0.15) is 12.2 Å². The van der Waals surface area contributed by atoms with E-state index in [0.29, 0.717) is 13.1 Å². The normalized spacial score (nSPS) is 20.7. The van der Waals surface area contributed by atoms with Crippen molar-refractivity contribution in [1.29, 1.82) is 0 Å². The smallest absolute Gasteiger partial charge is 0.418 e. The largest absolute Gasteiger partial charge is 0.427 e. The number of anilines is 3. The quantitative estimate of drug-likeness (QED) is 0.443. The minimum atomic E-state index is -4.77. The second-order valence-electron chi connectivity index (χ2n) is 10.4. The number of oxazole rings is 1. The summed E-state index contributed by atoms with van der Waals surface area (Å²) in [6.07, 6.45) is -9.44. The molecule has 5 rings (SSSR count). The van der Waals surface area contributed by atoms with Crippen LogP contribution in [0.25, 0.3) is 0 Å². The summed E-state index contributed by atoms with van der Waals surface area (Å²) in [6.45, 7) is 1.07. The highest BCUT2D eigenvalue weighted by Crippen LogP contribution is 2.57. The van der Waals surface area contributed by atoms with E-state index in [1.807, 2.05) is 0 Å². The average molecular weight is 552 g/mol. The Bertz CT molecular complexity index is 1200. The summed E-state index contributed by atoms with van der Waals surface area (Å²) in [4.78, 5) is 19.7. The molecule has 3 aliphatic rings. The monoisotopic (exact) mass is 552 g/mol. The number of amides is 1. The number of piperidine rings is 1. The van der Waals surface area contributed by atoms with Gasteiger partial charge in [0.2, 0.25) is 5.92 Å². The minimum absolute atomic E-state index is 0.0371. The van der Waals surface area contributed by atoms with Crippen LogP contribution in [-0.2, 0) is 12.6 Å². The molecule has 1 N–H and O–H groups in total. The zero-order valence-corrected chi connectivity index (χ0v) is 20.0. The summed E-state index contributed by atoms with van der Waals surface area (Å²) >= 11 is 0. The average Bonchev–Trinajstić information content (AvgIpc) is 3.17. The third kappa shape index (κ3) is 5.39. The van der Waals surface area contributed by atoms with Crippen molar-refractivity contribution in [3.8, 4) is 0 Å². The van der Waals surface area contributed by atoms with E-state index in [1.54, 1.807) is 4.90 Å². The molecule has 208 valence electrons. The zero-order chi connectivity index (χ0) is 27.5. The molecule has 3 heterocycles. The Balaban J connectivity index is 1.37. The third-order valence-electron chi connectivity index (χ3n) is 7.11. The molecule has 0 unspecified atom stereocenters. The lowest BCUT2D eigenvalue weighted by atomic mass is 9.61. The standard InChI is InChI=1S/C24H24F8N4O2/c25-22(26)10-21(11-22)12-36(13-21)20-34-18(17(38-20)9-23(27,28)29)19(37)33-14-4-5-16(15(8-14)24(30,31)32)35-6-2-1-3-7-35/h4-5,8H,1-3,6-7,9-13H2,(H,33,37). The van der Waals surface area contributed by atoms with Crippen LogP contribution in [-0.4, -0.2) is 49.2 Å². The lowest BCUT2D eigenvalue weighted by Crippen LogP contribution is -2.66. The van der Waals surface area contributed by atoms with E-state index in [2.05, 4.69) is 10.3 Å². The first-order chi connectivity index (χ1) is 17.6. The molecule has 1 aromatic heterocycles. The van der Waals surface area contributed by atoms with Gasteiger partial charge < -0.3 is 19.5 Å². The summed E-state index contributed by atoms with van der Waals surface area (Å²) in [5, 5.41) is 2.20. The Morgan fingerprint density at radius 1 is 1.00 bits per heavy atom. The van der Waals surface area contributed by atoms with Crippen molar-refractivity contribution in [3.05, 3.63) is 35.2 Å². The molecule has 0 atom stereocenters. The van der Waals surface area contributed by atoms with Crippen LogP contribution < -0.4 is 15.1 Å². The Morgan fingerprint density at radius 3 is 2.24 bits per heavy atom. The number of carbonyl (C=O) groups excluding carboxylic acids is 1. The van der Waals surface area contributed by atoms with Crippen LogP contribution in [0.1, 0.15) is 53.9 Å². The van der Waals surface area contributed by atoms with Crippen molar-refractivity contribution < 1.29 is 44.3 Å². The lowest BCUT2D eigenvalue weighted by Gasteiger charge is -2.58. The number of halogens is 8. The number of hydrogen-bond donors (Lipinski definition) is 1. The van der Waals surface area contributed by atoms with Crippen LogP contribution in [0, 0.1) is 5.41 Å². The van der Waals surface area contributed by atoms with Gasteiger partial charge in [-0.3, -0.25) is 4.79 Å². The van der Waals surface area contributed by atoms with Crippen LogP contribution in [0.15, 0.2) is 22.6 Å². The highest BCUT2D eigenvalue weighted by molar-refractivity contribution is 6.04. The topological polar surface area (TPSA) is 61.6 Å². The summed E-state index contributed by atoms with van der Waals surface area (Å²) in [7, 11) is 0. The number of carbonyl (C=O) groups is 1. The van der Waals surface area contributed by atoms with Gasteiger partial charge in [-0.2, -0.15) is 31.3 Å². The number of benzene rings is 1. The fourth-order valence-corrected chi connectivity index (χ4v) is 5.56. The third-order valence-corrected chi connectivity index (χ3v) is 7.11. The highest BCUT2D eigenvalue weighted by atomic mass is 19.4. The van der Waals surface area contributed by atoms with Crippen LogP contribution in [0.3, 0.4) is 0 Å². The Morgan fingerprint density at radius 2 is 1.66 bits per heavy atom. The predicted molar refractivity (Wildman–Crippen MR) is 121 cm³/mol. The SMILES string of the molecule is O=C(Nc1ccc(N2CCCCC2)c(C(F)(F)F)c1)c1nc(N2CC3(C2)CC(F)(F)C3)oc1CC(F)(F)F. The maximum absolute atomic E-state index is 13.8. The molecule has 1 saturated carbocycles. The van der Waals surface area contributed by atoms with Crippen molar-refractivity contribution in [1.82, 2.24) is 4.98 Å². The highest BCUT2D eigenvalue weighted by Gasteiger charge is 2.62. The van der Waals surface area contributed by atoms with Crippen molar-refractivity contribution in [3.63, 3.8) is 0 Å². The summed E-state index contributed by atoms with van der Waals surface area (Å²) in [5.41, 5.74) is -2.69. The second-order valence-corrected chi connectivity index (χ2v) is 10.4. The molecule has 2 saturated heterocycles.